The van der Waals surface area contributed by atoms with Gasteiger partial charge in [-0.25, -0.2) is 4.79 Å². The van der Waals surface area contributed by atoms with Gasteiger partial charge in [-0.05, 0) is 17.0 Å². The third kappa shape index (κ3) is 2.18. The lowest BCUT2D eigenvalue weighted by Gasteiger charge is -2.28. The smallest absolute Gasteiger partial charge is 0.357 e. The zero-order valence-electron chi connectivity index (χ0n) is 10.7. The molecular weight excluding hydrogens is 322 g/mol. The number of hydroxylamine groups is 2. The normalized spacial score (nSPS) is 24.2. The molecule has 0 radical (unpaired) electrons. The minimum absolute atomic E-state index is 0.107. The number of likely N-dealkylation sites (N-methyl/N-ethyl adjacent to an activating group) is 1. The number of urea groups is 1. The number of carbonyl (C=O) groups is 2. The molecule has 0 spiro atoms. The number of fused-ring (bicyclic) bond motifs is 4. The van der Waals surface area contributed by atoms with Gasteiger partial charge in [0.1, 0.15) is 12.1 Å². The molecule has 11 heteroatoms. The summed E-state index contributed by atoms with van der Waals surface area (Å²) in [5, 5.41) is 4.81. The summed E-state index contributed by atoms with van der Waals surface area (Å²) in [5.41, 5.74) is 0.638. The van der Waals surface area contributed by atoms with Gasteiger partial charge < -0.3 is 10.2 Å². The van der Waals surface area contributed by atoms with Crippen LogP contribution in [0, 0.1) is 0 Å². The largest absolute Gasteiger partial charge is 0.418 e. The van der Waals surface area contributed by atoms with Crippen molar-refractivity contribution in [3.63, 3.8) is 0 Å². The number of nitrogens with one attached hydrogen (secondary N) is 1. The summed E-state index contributed by atoms with van der Waals surface area (Å²) in [6.45, 7) is 0.107. The van der Waals surface area contributed by atoms with Crippen molar-refractivity contribution >= 4 is 33.7 Å². The number of hydrogen-bond donors (Lipinski definition) is 2. The lowest BCUT2D eigenvalue weighted by molar-refractivity contribution is -0.125. The predicted octanol–water partition coefficient (Wildman–Crippen LogP) is 0.0619. The number of rotatable bonds is 3. The van der Waals surface area contributed by atoms with E-state index >= 15 is 0 Å². The molecule has 2 N–H and O–H groups in total. The van der Waals surface area contributed by atoms with Crippen molar-refractivity contribution in [2.75, 3.05) is 13.6 Å². The molecule has 2 bridgehead atoms. The van der Waals surface area contributed by atoms with Crippen LogP contribution in [0.2, 0.25) is 0 Å². The number of nitrogens with zero attached hydrogens (tertiary/aromatic N) is 2. The Hall–Kier alpha value is -1.69. The molecule has 2 aliphatic rings. The average Bonchev–Trinajstić information content (AvgIpc) is 2.97. The van der Waals surface area contributed by atoms with Gasteiger partial charge in [0.15, 0.2) is 0 Å². The van der Waals surface area contributed by atoms with Gasteiger partial charge in [-0.3, -0.25) is 9.35 Å². The van der Waals surface area contributed by atoms with Gasteiger partial charge in [-0.2, -0.15) is 13.5 Å². The quantitative estimate of drug-likeness (QED) is 0.756. The van der Waals surface area contributed by atoms with Crippen molar-refractivity contribution in [3.05, 3.63) is 21.9 Å². The zero-order chi connectivity index (χ0) is 15.4. The molecule has 3 rings (SSSR count). The third-order valence-corrected chi connectivity index (χ3v) is 4.74. The lowest BCUT2D eigenvalue weighted by atomic mass is 9.99. The van der Waals surface area contributed by atoms with Crippen LogP contribution in [-0.4, -0.2) is 48.5 Å². The Balaban J connectivity index is 2.06. The second-order valence-corrected chi connectivity index (χ2v) is 6.49. The standard InChI is InChI=1S/C10H11N3O6S2/c1-11-9(14)7-8-5(2-3-20-8)6-4-12(7)10(15)13(6)19-21(16,17)18/h2-3,6-7H,4H2,1H3,(H,11,14)(H,16,17,18)/t6-,7-/m0/s1. The van der Waals surface area contributed by atoms with Crippen molar-refractivity contribution in [3.8, 4) is 0 Å². The summed E-state index contributed by atoms with van der Waals surface area (Å²) >= 11 is 1.30. The molecular formula is C10H11N3O6S2. The fraction of sp³-hybridized carbons (Fsp3) is 0.400. The highest BCUT2D eigenvalue weighted by Gasteiger charge is 2.52. The SMILES string of the molecule is CNC(=O)[C@@H]1c2sccc2[C@@H]2CN1C(=O)N2OS(=O)(=O)O. The molecule has 1 aromatic heterocycles. The van der Waals surface area contributed by atoms with Crippen LogP contribution in [0.25, 0.3) is 0 Å². The Kier molecular flexibility index (Phi) is 3.16. The molecule has 9 nitrogen and oxygen atoms in total. The van der Waals surface area contributed by atoms with Gasteiger partial charge in [0.25, 0.3) is 0 Å². The first-order valence-electron chi connectivity index (χ1n) is 5.89. The van der Waals surface area contributed by atoms with Gasteiger partial charge in [0.2, 0.25) is 5.91 Å². The van der Waals surface area contributed by atoms with Crippen molar-refractivity contribution in [1.82, 2.24) is 15.3 Å². The summed E-state index contributed by atoms with van der Waals surface area (Å²) in [5.74, 6) is -0.376. The maximum Gasteiger partial charge on any atom is 0.418 e. The second-order valence-electron chi connectivity index (χ2n) is 4.54. The average molecular weight is 333 g/mol. The maximum atomic E-state index is 12.2. The van der Waals surface area contributed by atoms with E-state index in [1.807, 2.05) is 0 Å². The molecule has 3 amide bonds. The van der Waals surface area contributed by atoms with E-state index in [-0.39, 0.29) is 12.5 Å². The topological polar surface area (TPSA) is 116 Å². The van der Waals surface area contributed by atoms with Crippen LogP contribution in [0.3, 0.4) is 0 Å². The molecule has 1 saturated heterocycles. The molecule has 0 unspecified atom stereocenters. The number of carbonyl (C=O) groups excluding carboxylic acids is 2. The number of amides is 3. The molecule has 0 saturated carbocycles. The van der Waals surface area contributed by atoms with Crippen molar-refractivity contribution in [2.45, 2.75) is 12.1 Å². The summed E-state index contributed by atoms with van der Waals surface area (Å²) in [6.07, 6.45) is 0. The fourth-order valence-corrected chi connectivity index (χ4v) is 4.03. The van der Waals surface area contributed by atoms with Crippen LogP contribution in [0.4, 0.5) is 4.79 Å². The van der Waals surface area contributed by atoms with Crippen molar-refractivity contribution < 1.29 is 26.8 Å². The van der Waals surface area contributed by atoms with Gasteiger partial charge in [0, 0.05) is 11.9 Å². The van der Waals surface area contributed by atoms with E-state index < -0.39 is 28.5 Å². The molecule has 114 valence electrons. The Morgan fingerprint density at radius 2 is 2.29 bits per heavy atom. The van der Waals surface area contributed by atoms with Crippen LogP contribution < -0.4 is 5.32 Å². The summed E-state index contributed by atoms with van der Waals surface area (Å²) < 4.78 is 34.9. The minimum Gasteiger partial charge on any atom is -0.357 e. The fourth-order valence-electron chi connectivity index (χ4n) is 2.59. The molecule has 2 aliphatic heterocycles. The van der Waals surface area contributed by atoms with Gasteiger partial charge in [0.05, 0.1) is 6.54 Å². The minimum atomic E-state index is -4.83. The summed E-state index contributed by atoms with van der Waals surface area (Å²) in [4.78, 5) is 26.1. The molecule has 0 aromatic carbocycles. The van der Waals surface area contributed by atoms with Crippen LogP contribution in [0.5, 0.6) is 0 Å². The first-order chi connectivity index (χ1) is 9.83. The number of hydrogen-bond acceptors (Lipinski definition) is 6. The molecule has 2 atom stereocenters. The molecule has 21 heavy (non-hydrogen) atoms. The van der Waals surface area contributed by atoms with E-state index in [2.05, 4.69) is 9.60 Å². The second kappa shape index (κ2) is 4.66. The zero-order valence-corrected chi connectivity index (χ0v) is 12.3. The Labute approximate surface area is 124 Å². The van der Waals surface area contributed by atoms with E-state index in [1.54, 1.807) is 11.4 Å². The Morgan fingerprint density at radius 3 is 2.90 bits per heavy atom. The van der Waals surface area contributed by atoms with Crippen molar-refractivity contribution in [1.29, 1.82) is 0 Å². The van der Waals surface area contributed by atoms with Gasteiger partial charge >= 0.3 is 16.4 Å². The Bertz CT molecular complexity index is 714. The van der Waals surface area contributed by atoms with E-state index in [9.17, 15) is 18.0 Å². The van der Waals surface area contributed by atoms with E-state index in [0.29, 0.717) is 15.5 Å². The summed E-state index contributed by atoms with van der Waals surface area (Å²) in [7, 11) is -3.37. The maximum absolute atomic E-state index is 12.2. The van der Waals surface area contributed by atoms with Crippen LogP contribution in [-0.2, 0) is 19.5 Å². The molecule has 0 aliphatic carbocycles. The van der Waals surface area contributed by atoms with Gasteiger partial charge in [-0.1, -0.05) is 0 Å². The third-order valence-electron chi connectivity index (χ3n) is 3.40. The monoisotopic (exact) mass is 333 g/mol. The molecule has 3 heterocycles. The first-order valence-corrected chi connectivity index (χ1v) is 8.13. The van der Waals surface area contributed by atoms with E-state index in [4.69, 9.17) is 4.55 Å². The highest BCUT2D eigenvalue weighted by molar-refractivity contribution is 7.80. The summed E-state index contributed by atoms with van der Waals surface area (Å²) in [6, 6.07) is -0.586. The van der Waals surface area contributed by atoms with Gasteiger partial charge in [-0.15, -0.1) is 15.6 Å². The van der Waals surface area contributed by atoms with Crippen LogP contribution >= 0.6 is 11.3 Å². The molecule has 1 fully saturated rings. The lowest BCUT2D eigenvalue weighted by Crippen LogP contribution is -2.42. The number of thiophene rings is 1. The van der Waals surface area contributed by atoms with Crippen LogP contribution in [0.1, 0.15) is 22.5 Å². The first kappa shape index (κ1) is 14.3. The van der Waals surface area contributed by atoms with Crippen LogP contribution in [0.15, 0.2) is 11.4 Å². The Morgan fingerprint density at radius 1 is 1.57 bits per heavy atom. The predicted molar refractivity (Wildman–Crippen MR) is 70.4 cm³/mol. The molecule has 1 aromatic rings. The van der Waals surface area contributed by atoms with E-state index in [0.717, 1.165) is 0 Å². The highest BCUT2D eigenvalue weighted by Crippen LogP contribution is 2.46. The van der Waals surface area contributed by atoms with Crippen molar-refractivity contribution in [2.24, 2.45) is 0 Å². The van der Waals surface area contributed by atoms with E-state index in [1.165, 1.54) is 23.3 Å². The highest BCUT2D eigenvalue weighted by atomic mass is 32.3.